The van der Waals surface area contributed by atoms with E-state index in [1.165, 1.54) is 32.1 Å². The van der Waals surface area contributed by atoms with Crippen LogP contribution in [0.2, 0.25) is 0 Å². The van der Waals surface area contributed by atoms with Gasteiger partial charge in [0.25, 0.3) is 0 Å². The summed E-state index contributed by atoms with van der Waals surface area (Å²) in [6, 6.07) is 0. The van der Waals surface area contributed by atoms with Gasteiger partial charge in [0.05, 0.1) is 0 Å². The lowest BCUT2D eigenvalue weighted by Gasteiger charge is -2.19. The van der Waals surface area contributed by atoms with Crippen LogP contribution in [0.5, 0.6) is 0 Å². The molecule has 0 aliphatic rings. The maximum absolute atomic E-state index is 11.8. The van der Waals surface area contributed by atoms with Crippen molar-refractivity contribution >= 4 is 11.9 Å². The van der Waals surface area contributed by atoms with Gasteiger partial charge in [0, 0.05) is 19.4 Å². The Kier molecular flexibility index (Phi) is 16.3. The van der Waals surface area contributed by atoms with Crippen molar-refractivity contribution in [2.75, 3.05) is 26.2 Å². The number of ketones is 1. The van der Waals surface area contributed by atoms with Crippen molar-refractivity contribution in [2.45, 2.75) is 97.0 Å². The fourth-order valence-corrected chi connectivity index (χ4v) is 2.72. The third kappa shape index (κ3) is 21.0. The summed E-state index contributed by atoms with van der Waals surface area (Å²) in [7, 11) is 0. The van der Waals surface area contributed by atoms with Crippen LogP contribution >= 0.6 is 0 Å². The van der Waals surface area contributed by atoms with E-state index in [-0.39, 0.29) is 0 Å². The number of rotatable bonds is 17. The van der Waals surface area contributed by atoms with Gasteiger partial charge in [-0.2, -0.15) is 0 Å². The van der Waals surface area contributed by atoms with Crippen molar-refractivity contribution in [3.8, 4) is 0 Å². The molecule has 0 fully saturated rings. The molecule has 0 unspecified atom stereocenters. The molecule has 4 N–H and O–H groups in total. The number of alkyl carbamates (subject to hydrolysis) is 1. The molecule has 6 heteroatoms. The van der Waals surface area contributed by atoms with E-state index in [9.17, 15) is 9.59 Å². The summed E-state index contributed by atoms with van der Waals surface area (Å²) in [5.74, 6) is 0.296. The minimum absolute atomic E-state index is 0.296. The fourth-order valence-electron chi connectivity index (χ4n) is 2.72. The van der Waals surface area contributed by atoms with Crippen molar-refractivity contribution in [2.24, 2.45) is 5.73 Å². The van der Waals surface area contributed by atoms with Gasteiger partial charge in [0.15, 0.2) is 0 Å². The predicted octanol–water partition coefficient (Wildman–Crippen LogP) is 3.92. The van der Waals surface area contributed by atoms with Gasteiger partial charge in [-0.3, -0.25) is 4.79 Å². The van der Waals surface area contributed by atoms with E-state index in [2.05, 4.69) is 10.6 Å². The second-order valence-electron chi connectivity index (χ2n) is 8.19. The lowest BCUT2D eigenvalue weighted by molar-refractivity contribution is -0.119. The van der Waals surface area contributed by atoms with E-state index in [0.29, 0.717) is 31.6 Å². The lowest BCUT2D eigenvalue weighted by Crippen LogP contribution is -2.33. The van der Waals surface area contributed by atoms with Crippen molar-refractivity contribution < 1.29 is 14.3 Å². The first-order valence-electron chi connectivity index (χ1n) is 10.7. The number of carbonyl (C=O) groups is 2. The Morgan fingerprint density at radius 3 is 1.96 bits per heavy atom. The maximum Gasteiger partial charge on any atom is 0.407 e. The van der Waals surface area contributed by atoms with Crippen LogP contribution in [-0.2, 0) is 9.53 Å². The van der Waals surface area contributed by atoms with Gasteiger partial charge in [0.2, 0.25) is 0 Å². The predicted molar refractivity (Wildman–Crippen MR) is 112 cm³/mol. The topological polar surface area (TPSA) is 93.4 Å². The first kappa shape index (κ1) is 25.9. The summed E-state index contributed by atoms with van der Waals surface area (Å²) in [4.78, 5) is 23.3. The van der Waals surface area contributed by atoms with Gasteiger partial charge >= 0.3 is 6.09 Å². The molecular weight excluding hydrogens is 342 g/mol. The van der Waals surface area contributed by atoms with E-state index < -0.39 is 11.7 Å². The first-order valence-corrected chi connectivity index (χ1v) is 10.7. The zero-order chi connectivity index (χ0) is 20.4. The highest BCUT2D eigenvalue weighted by molar-refractivity contribution is 5.78. The molecule has 0 aliphatic heterocycles. The number of ether oxygens (including phenoxy) is 1. The molecule has 1 amide bonds. The summed E-state index contributed by atoms with van der Waals surface area (Å²) in [6.45, 7) is 8.87. The number of unbranched alkanes of at least 4 members (excludes halogenated alkanes) is 6. The summed E-state index contributed by atoms with van der Waals surface area (Å²) < 4.78 is 5.15. The van der Waals surface area contributed by atoms with Crippen LogP contribution in [0.4, 0.5) is 4.79 Å². The van der Waals surface area contributed by atoms with Crippen LogP contribution in [0.1, 0.15) is 91.4 Å². The Balaban J connectivity index is 3.32. The van der Waals surface area contributed by atoms with Gasteiger partial charge in [-0.1, -0.05) is 32.1 Å². The van der Waals surface area contributed by atoms with Crippen molar-refractivity contribution in [1.82, 2.24) is 10.6 Å². The molecular formula is C21H43N3O3. The first-order chi connectivity index (χ1) is 12.8. The molecule has 0 atom stereocenters. The number of nitrogens with two attached hydrogens (primary N) is 1. The lowest BCUT2D eigenvalue weighted by atomic mass is 10.0. The molecule has 0 saturated heterocycles. The Morgan fingerprint density at radius 2 is 1.33 bits per heavy atom. The molecule has 0 rings (SSSR count). The minimum atomic E-state index is -0.485. The number of hydrogen-bond acceptors (Lipinski definition) is 5. The monoisotopic (exact) mass is 385 g/mol. The molecule has 0 aromatic carbocycles. The van der Waals surface area contributed by atoms with Crippen LogP contribution in [0, 0.1) is 0 Å². The van der Waals surface area contributed by atoms with Gasteiger partial charge in [-0.15, -0.1) is 0 Å². The highest BCUT2D eigenvalue weighted by Crippen LogP contribution is 2.10. The molecule has 0 aromatic rings. The van der Waals surface area contributed by atoms with Gasteiger partial charge in [0.1, 0.15) is 11.4 Å². The zero-order valence-corrected chi connectivity index (χ0v) is 17.9. The maximum atomic E-state index is 11.8. The Morgan fingerprint density at radius 1 is 0.778 bits per heavy atom. The standard InChI is InChI=1S/C21H43N3O3/c1-21(2,3)27-20(26)24-18-11-14-19(25)13-9-7-5-4-6-8-10-16-23-17-12-15-22/h23H,4-18,22H2,1-3H3,(H,24,26). The molecule has 0 spiro atoms. The van der Waals surface area contributed by atoms with Crippen molar-refractivity contribution in [3.63, 3.8) is 0 Å². The molecule has 6 nitrogen and oxygen atoms in total. The van der Waals surface area contributed by atoms with Crippen LogP contribution in [0.25, 0.3) is 0 Å². The Hall–Kier alpha value is -1.14. The zero-order valence-electron chi connectivity index (χ0n) is 17.9. The summed E-state index contributed by atoms with van der Waals surface area (Å²) in [6.07, 6.45) is 10.9. The van der Waals surface area contributed by atoms with E-state index in [1.54, 1.807) is 0 Å². The molecule has 0 heterocycles. The third-order valence-electron chi connectivity index (χ3n) is 4.17. The smallest absolute Gasteiger partial charge is 0.407 e. The van der Waals surface area contributed by atoms with Gasteiger partial charge < -0.3 is 21.1 Å². The number of Topliss-reactive ketones (excluding diaryl/α,β-unsaturated/α-hetero) is 1. The average Bonchev–Trinajstić information content (AvgIpc) is 2.58. The highest BCUT2D eigenvalue weighted by atomic mass is 16.6. The number of carbonyl (C=O) groups excluding carboxylic acids is 2. The van der Waals surface area contributed by atoms with Crippen LogP contribution < -0.4 is 16.4 Å². The molecule has 0 aromatic heterocycles. The minimum Gasteiger partial charge on any atom is -0.444 e. The van der Waals surface area contributed by atoms with E-state index in [4.69, 9.17) is 10.5 Å². The normalized spacial score (nSPS) is 11.4. The third-order valence-corrected chi connectivity index (χ3v) is 4.17. The van der Waals surface area contributed by atoms with E-state index in [0.717, 1.165) is 38.9 Å². The molecule has 27 heavy (non-hydrogen) atoms. The highest BCUT2D eigenvalue weighted by Gasteiger charge is 2.15. The van der Waals surface area contributed by atoms with Gasteiger partial charge in [-0.05, 0) is 66.1 Å². The number of amides is 1. The molecule has 0 bridgehead atoms. The Labute approximate surface area is 166 Å². The van der Waals surface area contributed by atoms with E-state index in [1.807, 2.05) is 20.8 Å². The SMILES string of the molecule is CC(C)(C)OC(=O)NCCCC(=O)CCCCCCCCCNCCCN. The summed E-state index contributed by atoms with van der Waals surface area (Å²) in [5, 5.41) is 6.09. The van der Waals surface area contributed by atoms with Crippen LogP contribution in [0.15, 0.2) is 0 Å². The molecule has 0 radical (unpaired) electrons. The van der Waals surface area contributed by atoms with E-state index >= 15 is 0 Å². The van der Waals surface area contributed by atoms with Crippen LogP contribution in [-0.4, -0.2) is 43.7 Å². The summed E-state index contributed by atoms with van der Waals surface area (Å²) >= 11 is 0. The largest absolute Gasteiger partial charge is 0.444 e. The molecule has 0 saturated carbocycles. The number of nitrogens with one attached hydrogen (secondary N) is 2. The molecule has 0 aliphatic carbocycles. The second kappa shape index (κ2) is 17.0. The quantitative estimate of drug-likeness (QED) is 0.330. The number of hydrogen-bond donors (Lipinski definition) is 3. The van der Waals surface area contributed by atoms with Gasteiger partial charge in [-0.25, -0.2) is 4.79 Å². The van der Waals surface area contributed by atoms with Crippen molar-refractivity contribution in [1.29, 1.82) is 0 Å². The average molecular weight is 386 g/mol. The second-order valence-corrected chi connectivity index (χ2v) is 8.19. The van der Waals surface area contributed by atoms with Crippen LogP contribution in [0.3, 0.4) is 0 Å². The van der Waals surface area contributed by atoms with Crippen molar-refractivity contribution in [3.05, 3.63) is 0 Å². The Bertz CT molecular complexity index is 381. The molecule has 160 valence electrons. The summed E-state index contributed by atoms with van der Waals surface area (Å²) in [5.41, 5.74) is 4.96. The fraction of sp³-hybridized carbons (Fsp3) is 0.905.